The summed E-state index contributed by atoms with van der Waals surface area (Å²) in [4.78, 5) is 22.2. The normalized spacial score (nSPS) is 13.2. The van der Waals surface area contributed by atoms with Gasteiger partial charge in [0.25, 0.3) is 0 Å². The van der Waals surface area contributed by atoms with Crippen molar-refractivity contribution in [3.05, 3.63) is 0 Å². The Morgan fingerprint density at radius 2 is 2.00 bits per heavy atom. The fraction of sp³-hybridized carbons (Fsp3) is 0.818. The molecule has 0 heterocycles. The standard InChI is InChI=1S/C11H21NO4/c1-5-8(10(14)15)7-12-9(13)6-11(2,3)16-4/h8H,5-7H2,1-4H3,(H,12,13)(H,14,15). The van der Waals surface area contributed by atoms with Gasteiger partial charge in [-0.1, -0.05) is 6.92 Å². The summed E-state index contributed by atoms with van der Waals surface area (Å²) in [5, 5.41) is 11.4. The molecule has 1 atom stereocenters. The topological polar surface area (TPSA) is 75.6 Å². The van der Waals surface area contributed by atoms with Gasteiger partial charge in [-0.3, -0.25) is 9.59 Å². The van der Waals surface area contributed by atoms with Crippen LogP contribution in [0, 0.1) is 5.92 Å². The molecule has 5 heteroatoms. The van der Waals surface area contributed by atoms with Crippen LogP contribution < -0.4 is 5.32 Å². The zero-order valence-electron chi connectivity index (χ0n) is 10.4. The molecule has 0 bridgehead atoms. The van der Waals surface area contributed by atoms with Crippen molar-refractivity contribution in [1.82, 2.24) is 5.32 Å². The number of carbonyl (C=O) groups excluding carboxylic acids is 1. The lowest BCUT2D eigenvalue weighted by Gasteiger charge is -2.22. The third kappa shape index (κ3) is 5.70. The van der Waals surface area contributed by atoms with Crippen molar-refractivity contribution in [2.45, 2.75) is 39.2 Å². The van der Waals surface area contributed by atoms with E-state index < -0.39 is 17.5 Å². The van der Waals surface area contributed by atoms with E-state index in [0.717, 1.165) is 0 Å². The molecular formula is C11H21NO4. The van der Waals surface area contributed by atoms with Crippen LogP contribution in [-0.2, 0) is 14.3 Å². The zero-order chi connectivity index (χ0) is 12.8. The smallest absolute Gasteiger partial charge is 0.308 e. The number of carbonyl (C=O) groups is 2. The Bertz CT molecular complexity index is 250. The minimum Gasteiger partial charge on any atom is -0.481 e. The minimum atomic E-state index is -0.881. The average molecular weight is 231 g/mol. The van der Waals surface area contributed by atoms with Crippen LogP contribution in [0.25, 0.3) is 0 Å². The van der Waals surface area contributed by atoms with Crippen molar-refractivity contribution in [3.8, 4) is 0 Å². The van der Waals surface area contributed by atoms with E-state index in [1.165, 1.54) is 0 Å². The summed E-state index contributed by atoms with van der Waals surface area (Å²) >= 11 is 0. The molecule has 1 amide bonds. The van der Waals surface area contributed by atoms with Crippen LogP contribution in [-0.4, -0.2) is 36.2 Å². The summed E-state index contributed by atoms with van der Waals surface area (Å²) in [6, 6.07) is 0. The van der Waals surface area contributed by atoms with Crippen molar-refractivity contribution in [1.29, 1.82) is 0 Å². The number of nitrogens with one attached hydrogen (secondary N) is 1. The lowest BCUT2D eigenvalue weighted by molar-refractivity contribution is -0.141. The van der Waals surface area contributed by atoms with Crippen molar-refractivity contribution >= 4 is 11.9 Å². The Labute approximate surface area is 96.2 Å². The molecule has 0 aliphatic heterocycles. The van der Waals surface area contributed by atoms with Gasteiger partial charge in [0.1, 0.15) is 0 Å². The quantitative estimate of drug-likeness (QED) is 0.686. The van der Waals surface area contributed by atoms with E-state index in [2.05, 4.69) is 5.32 Å². The van der Waals surface area contributed by atoms with Crippen LogP contribution in [0.5, 0.6) is 0 Å². The molecule has 0 aromatic carbocycles. The Balaban J connectivity index is 4.03. The molecule has 1 unspecified atom stereocenters. The highest BCUT2D eigenvalue weighted by Gasteiger charge is 2.22. The minimum absolute atomic E-state index is 0.171. The van der Waals surface area contributed by atoms with E-state index >= 15 is 0 Å². The molecule has 0 aromatic heterocycles. The lowest BCUT2D eigenvalue weighted by Crippen LogP contribution is -2.37. The van der Waals surface area contributed by atoms with E-state index in [0.29, 0.717) is 6.42 Å². The number of amides is 1. The maximum absolute atomic E-state index is 11.5. The van der Waals surface area contributed by atoms with Gasteiger partial charge < -0.3 is 15.2 Å². The lowest BCUT2D eigenvalue weighted by atomic mass is 10.0. The number of carboxylic acids is 1. The summed E-state index contributed by atoms with van der Waals surface area (Å²) in [6.45, 7) is 5.57. The van der Waals surface area contributed by atoms with Gasteiger partial charge in [-0.25, -0.2) is 0 Å². The van der Waals surface area contributed by atoms with E-state index in [1.54, 1.807) is 27.9 Å². The molecule has 0 saturated carbocycles. The molecule has 0 aliphatic carbocycles. The summed E-state index contributed by atoms with van der Waals surface area (Å²) < 4.78 is 5.11. The molecule has 16 heavy (non-hydrogen) atoms. The largest absolute Gasteiger partial charge is 0.481 e. The number of rotatable bonds is 7. The van der Waals surface area contributed by atoms with E-state index in [-0.39, 0.29) is 18.9 Å². The van der Waals surface area contributed by atoms with Crippen molar-refractivity contribution in [2.24, 2.45) is 5.92 Å². The Morgan fingerprint density at radius 3 is 2.38 bits per heavy atom. The predicted molar refractivity (Wildman–Crippen MR) is 60.1 cm³/mol. The summed E-state index contributed by atoms with van der Waals surface area (Å²) in [6.07, 6.45) is 0.725. The van der Waals surface area contributed by atoms with Gasteiger partial charge in [0.05, 0.1) is 17.9 Å². The van der Waals surface area contributed by atoms with Gasteiger partial charge in [-0.15, -0.1) is 0 Å². The first kappa shape index (κ1) is 14.9. The highest BCUT2D eigenvalue weighted by molar-refractivity contribution is 5.78. The Kier molecular flexibility index (Phi) is 6.03. The Hall–Kier alpha value is -1.10. The summed E-state index contributed by atoms with van der Waals surface area (Å²) in [7, 11) is 1.54. The molecule has 0 spiro atoms. The molecule has 0 rings (SSSR count). The summed E-state index contributed by atoms with van der Waals surface area (Å²) in [5.74, 6) is -1.59. The monoisotopic (exact) mass is 231 g/mol. The van der Waals surface area contributed by atoms with E-state index in [9.17, 15) is 9.59 Å². The van der Waals surface area contributed by atoms with Gasteiger partial charge in [-0.2, -0.15) is 0 Å². The van der Waals surface area contributed by atoms with E-state index in [4.69, 9.17) is 9.84 Å². The van der Waals surface area contributed by atoms with Gasteiger partial charge in [-0.05, 0) is 20.3 Å². The highest BCUT2D eigenvalue weighted by atomic mass is 16.5. The molecule has 5 nitrogen and oxygen atoms in total. The molecular weight excluding hydrogens is 210 g/mol. The number of ether oxygens (including phenoxy) is 1. The maximum Gasteiger partial charge on any atom is 0.308 e. The first-order valence-electron chi connectivity index (χ1n) is 5.37. The SMILES string of the molecule is CCC(CNC(=O)CC(C)(C)OC)C(=O)O. The molecule has 94 valence electrons. The van der Waals surface area contributed by atoms with Crippen LogP contribution in [0.4, 0.5) is 0 Å². The van der Waals surface area contributed by atoms with Crippen molar-refractivity contribution in [3.63, 3.8) is 0 Å². The second-order valence-corrected chi connectivity index (χ2v) is 4.39. The first-order valence-corrected chi connectivity index (χ1v) is 5.37. The molecule has 2 N–H and O–H groups in total. The third-order valence-electron chi connectivity index (χ3n) is 2.53. The second kappa shape index (κ2) is 6.48. The number of hydrogen-bond acceptors (Lipinski definition) is 3. The van der Waals surface area contributed by atoms with Crippen LogP contribution in [0.3, 0.4) is 0 Å². The Morgan fingerprint density at radius 1 is 1.44 bits per heavy atom. The van der Waals surface area contributed by atoms with Crippen LogP contribution in [0.2, 0.25) is 0 Å². The third-order valence-corrected chi connectivity index (χ3v) is 2.53. The summed E-state index contributed by atoms with van der Waals surface area (Å²) in [5.41, 5.74) is -0.519. The van der Waals surface area contributed by atoms with Crippen molar-refractivity contribution in [2.75, 3.05) is 13.7 Å². The number of hydrogen-bond donors (Lipinski definition) is 2. The van der Waals surface area contributed by atoms with Gasteiger partial charge in [0.15, 0.2) is 0 Å². The van der Waals surface area contributed by atoms with Gasteiger partial charge in [0.2, 0.25) is 5.91 Å². The van der Waals surface area contributed by atoms with Gasteiger partial charge >= 0.3 is 5.97 Å². The number of carboxylic acid groups (broad SMARTS) is 1. The second-order valence-electron chi connectivity index (χ2n) is 4.39. The molecule has 0 aliphatic rings. The van der Waals surface area contributed by atoms with Crippen LogP contribution in [0.1, 0.15) is 33.6 Å². The molecule has 0 radical (unpaired) electrons. The molecule has 0 fully saturated rings. The van der Waals surface area contributed by atoms with Crippen molar-refractivity contribution < 1.29 is 19.4 Å². The fourth-order valence-corrected chi connectivity index (χ4v) is 1.16. The van der Waals surface area contributed by atoms with Crippen LogP contribution in [0.15, 0.2) is 0 Å². The molecule has 0 saturated heterocycles. The predicted octanol–water partition coefficient (Wildman–Crippen LogP) is 1.03. The zero-order valence-corrected chi connectivity index (χ0v) is 10.4. The van der Waals surface area contributed by atoms with Crippen LogP contribution >= 0.6 is 0 Å². The highest BCUT2D eigenvalue weighted by Crippen LogP contribution is 2.12. The maximum atomic E-state index is 11.5. The molecule has 0 aromatic rings. The fourth-order valence-electron chi connectivity index (χ4n) is 1.16. The first-order chi connectivity index (χ1) is 7.32. The van der Waals surface area contributed by atoms with Gasteiger partial charge in [0, 0.05) is 13.7 Å². The number of aliphatic carboxylic acids is 1. The average Bonchev–Trinajstić information content (AvgIpc) is 2.17. The number of methoxy groups -OCH3 is 1. The van der Waals surface area contributed by atoms with E-state index in [1.807, 2.05) is 0 Å².